The summed E-state index contributed by atoms with van der Waals surface area (Å²) in [6.07, 6.45) is 2.91. The second kappa shape index (κ2) is 5.68. The van der Waals surface area contributed by atoms with Crippen LogP contribution < -0.4 is 15.2 Å². The van der Waals surface area contributed by atoms with Gasteiger partial charge in [-0.1, -0.05) is 0 Å². The summed E-state index contributed by atoms with van der Waals surface area (Å²) in [6, 6.07) is 3.40. The zero-order valence-corrected chi connectivity index (χ0v) is 12.6. The van der Waals surface area contributed by atoms with Gasteiger partial charge >= 0.3 is 0 Å². The van der Waals surface area contributed by atoms with Crippen LogP contribution in [0.1, 0.15) is 0 Å². The van der Waals surface area contributed by atoms with Gasteiger partial charge in [0, 0.05) is 17.1 Å². The summed E-state index contributed by atoms with van der Waals surface area (Å²) in [6.45, 7) is 0. The number of hydrogen-bond acceptors (Lipinski definition) is 7. The average molecular weight is 321 g/mol. The Morgan fingerprint density at radius 2 is 1.86 bits per heavy atom. The molecule has 3 heterocycles. The molecule has 0 aliphatic carbocycles. The second-order valence-corrected chi connectivity index (χ2v) is 4.84. The molecule has 114 valence electrons. The third-order valence-electron chi connectivity index (χ3n) is 3.15. The van der Waals surface area contributed by atoms with Crippen molar-refractivity contribution >= 4 is 29.2 Å². The zero-order chi connectivity index (χ0) is 15.7. The number of methoxy groups -OCH3 is 2. The molecule has 0 amide bonds. The van der Waals surface area contributed by atoms with Gasteiger partial charge in [0.15, 0.2) is 18.0 Å². The van der Waals surface area contributed by atoms with Crippen LogP contribution in [0.15, 0.2) is 24.7 Å². The lowest BCUT2D eigenvalue weighted by molar-refractivity contribution is 0.375. The van der Waals surface area contributed by atoms with Crippen LogP contribution >= 0.6 is 12.3 Å². The van der Waals surface area contributed by atoms with Crippen molar-refractivity contribution in [3.8, 4) is 22.9 Å². The van der Waals surface area contributed by atoms with E-state index >= 15 is 0 Å². The van der Waals surface area contributed by atoms with Crippen molar-refractivity contribution in [2.24, 2.45) is 0 Å². The smallest absolute Gasteiger partial charge is 0.228 e. The number of pyridine rings is 1. The monoisotopic (exact) mass is 321 g/mol. The normalized spacial score (nSPS) is 10.9. The molecule has 3 rings (SSSR count). The maximum Gasteiger partial charge on any atom is 0.228 e. The lowest BCUT2D eigenvalue weighted by Gasteiger charge is -2.09. The fourth-order valence-corrected chi connectivity index (χ4v) is 2.59. The highest BCUT2D eigenvalue weighted by molar-refractivity contribution is 7.92. The van der Waals surface area contributed by atoms with Gasteiger partial charge in [0.1, 0.15) is 17.7 Å². The Morgan fingerprint density at radius 3 is 2.45 bits per heavy atom. The SMILES string of the molecule is COc1ncnc(OC)c1-c1cn(SF)c2nc(N)ccc12. The van der Waals surface area contributed by atoms with E-state index in [1.165, 1.54) is 24.5 Å². The number of anilines is 1. The molecule has 0 saturated carbocycles. The average Bonchev–Trinajstić information content (AvgIpc) is 2.91. The Hall–Kier alpha value is -2.55. The van der Waals surface area contributed by atoms with Crippen molar-refractivity contribution in [1.29, 1.82) is 0 Å². The summed E-state index contributed by atoms with van der Waals surface area (Å²) in [4.78, 5) is 12.3. The molecule has 0 spiro atoms. The molecule has 3 aromatic rings. The van der Waals surface area contributed by atoms with Crippen LogP contribution in [0.3, 0.4) is 0 Å². The van der Waals surface area contributed by atoms with E-state index in [1.807, 2.05) is 0 Å². The van der Waals surface area contributed by atoms with E-state index in [0.29, 0.717) is 39.7 Å². The molecule has 0 aliphatic heterocycles. The van der Waals surface area contributed by atoms with Crippen molar-refractivity contribution in [2.45, 2.75) is 0 Å². The Labute approximate surface area is 129 Å². The second-order valence-electron chi connectivity index (χ2n) is 4.31. The van der Waals surface area contributed by atoms with E-state index in [1.54, 1.807) is 18.3 Å². The maximum absolute atomic E-state index is 13.2. The first-order valence-corrected chi connectivity index (χ1v) is 6.87. The summed E-state index contributed by atoms with van der Waals surface area (Å²) in [5, 5.41) is 0.686. The highest BCUT2D eigenvalue weighted by atomic mass is 32.2. The van der Waals surface area contributed by atoms with Crippen LogP contribution in [0.5, 0.6) is 11.8 Å². The largest absolute Gasteiger partial charge is 0.480 e. The van der Waals surface area contributed by atoms with Gasteiger partial charge in [-0.25, -0.2) is 18.9 Å². The predicted octanol–water partition coefficient (Wildman–Crippen LogP) is 2.47. The van der Waals surface area contributed by atoms with Crippen LogP contribution in [0, 0.1) is 0 Å². The van der Waals surface area contributed by atoms with E-state index < -0.39 is 0 Å². The Balaban J connectivity index is 2.36. The molecule has 22 heavy (non-hydrogen) atoms. The van der Waals surface area contributed by atoms with Gasteiger partial charge in [-0.2, -0.15) is 0 Å². The first-order chi connectivity index (χ1) is 10.7. The number of nitrogens with two attached hydrogens (primary N) is 1. The van der Waals surface area contributed by atoms with Crippen molar-refractivity contribution in [3.63, 3.8) is 0 Å². The molecular weight excluding hydrogens is 309 g/mol. The Morgan fingerprint density at radius 1 is 1.18 bits per heavy atom. The highest BCUT2D eigenvalue weighted by Crippen LogP contribution is 2.40. The quantitative estimate of drug-likeness (QED) is 0.789. The molecule has 7 nitrogen and oxygen atoms in total. The molecule has 0 fully saturated rings. The van der Waals surface area contributed by atoms with Crippen molar-refractivity contribution in [3.05, 3.63) is 24.7 Å². The first-order valence-electron chi connectivity index (χ1n) is 6.19. The van der Waals surface area contributed by atoms with Crippen LogP contribution in [0.25, 0.3) is 22.2 Å². The maximum atomic E-state index is 13.2. The third kappa shape index (κ3) is 2.19. The van der Waals surface area contributed by atoms with Crippen LogP contribution in [0.2, 0.25) is 0 Å². The van der Waals surface area contributed by atoms with Gasteiger partial charge in [0.2, 0.25) is 11.8 Å². The number of halogens is 1. The minimum absolute atomic E-state index is 0.0256. The Kier molecular flexibility index (Phi) is 3.72. The predicted molar refractivity (Wildman–Crippen MR) is 82.4 cm³/mol. The minimum atomic E-state index is 0.0256. The number of ether oxygens (including phenoxy) is 2. The molecule has 3 aromatic heterocycles. The molecule has 9 heteroatoms. The molecule has 0 radical (unpaired) electrons. The molecular formula is C13H12FN5O2S. The molecule has 0 aromatic carbocycles. The van der Waals surface area contributed by atoms with Crippen molar-refractivity contribution < 1.29 is 13.4 Å². The molecule has 0 atom stereocenters. The molecule has 0 aliphatic rings. The number of fused-ring (bicyclic) bond motifs is 1. The lowest BCUT2D eigenvalue weighted by Crippen LogP contribution is -1.97. The van der Waals surface area contributed by atoms with Gasteiger partial charge in [0.25, 0.3) is 0 Å². The number of nitrogens with zero attached hydrogens (tertiary/aromatic N) is 4. The van der Waals surface area contributed by atoms with Crippen LogP contribution in [-0.2, 0) is 0 Å². The van der Waals surface area contributed by atoms with Gasteiger partial charge < -0.3 is 15.2 Å². The molecule has 0 bridgehead atoms. The number of hydrogen-bond donors (Lipinski definition) is 1. The summed E-state index contributed by atoms with van der Waals surface area (Å²) in [7, 11) is 2.98. The van der Waals surface area contributed by atoms with Gasteiger partial charge in [-0.15, -0.1) is 3.89 Å². The number of rotatable bonds is 4. The van der Waals surface area contributed by atoms with E-state index in [-0.39, 0.29) is 12.3 Å². The zero-order valence-electron chi connectivity index (χ0n) is 11.8. The fourth-order valence-electron chi connectivity index (χ4n) is 2.24. The summed E-state index contributed by atoms with van der Waals surface area (Å²) in [5.74, 6) is 0.953. The van der Waals surface area contributed by atoms with Crippen LogP contribution in [0.4, 0.5) is 9.70 Å². The fraction of sp³-hybridized carbons (Fsp3) is 0.154. The van der Waals surface area contributed by atoms with Crippen molar-refractivity contribution in [2.75, 3.05) is 20.0 Å². The Bertz CT molecular complexity index is 816. The van der Waals surface area contributed by atoms with Gasteiger partial charge in [0.05, 0.1) is 14.2 Å². The van der Waals surface area contributed by atoms with Gasteiger partial charge in [-0.05, 0) is 12.1 Å². The summed E-state index contributed by atoms with van der Waals surface area (Å²) >= 11 is 0.0256. The van der Waals surface area contributed by atoms with E-state index in [0.717, 1.165) is 0 Å². The first kappa shape index (κ1) is 14.4. The molecule has 0 saturated heterocycles. The van der Waals surface area contributed by atoms with E-state index in [9.17, 15) is 3.89 Å². The molecule has 0 unspecified atom stereocenters. The summed E-state index contributed by atoms with van der Waals surface area (Å²) in [5.41, 5.74) is 7.24. The standard InChI is InChI=1S/C13H12FN5O2S/c1-20-12-10(13(21-2)17-6-16-12)8-5-19(22-14)11-7(8)3-4-9(15)18-11/h3-6H,1-2H3,(H2,15,18). The number of aromatic nitrogens is 4. The van der Waals surface area contributed by atoms with Gasteiger partial charge in [-0.3, -0.25) is 0 Å². The van der Waals surface area contributed by atoms with E-state index in [4.69, 9.17) is 15.2 Å². The molecule has 2 N–H and O–H groups in total. The topological polar surface area (TPSA) is 88.1 Å². The number of nitrogen functional groups attached to an aromatic ring is 1. The van der Waals surface area contributed by atoms with E-state index in [2.05, 4.69) is 15.0 Å². The third-order valence-corrected chi connectivity index (χ3v) is 3.58. The minimum Gasteiger partial charge on any atom is -0.480 e. The lowest BCUT2D eigenvalue weighted by atomic mass is 10.1. The van der Waals surface area contributed by atoms with Crippen LogP contribution in [-0.4, -0.2) is 33.1 Å². The highest BCUT2D eigenvalue weighted by Gasteiger charge is 2.21. The summed E-state index contributed by atoms with van der Waals surface area (Å²) < 4.78 is 25.0. The van der Waals surface area contributed by atoms with Crippen molar-refractivity contribution in [1.82, 2.24) is 18.9 Å².